The van der Waals surface area contributed by atoms with Crippen molar-refractivity contribution in [2.45, 2.75) is 17.9 Å². The minimum absolute atomic E-state index is 0.0525. The number of aliphatic hydroxyl groups is 1. The van der Waals surface area contributed by atoms with Crippen molar-refractivity contribution in [2.24, 2.45) is 0 Å². The molecule has 0 saturated heterocycles. The molecule has 0 saturated carbocycles. The van der Waals surface area contributed by atoms with E-state index in [2.05, 4.69) is 4.98 Å². The van der Waals surface area contributed by atoms with E-state index in [0.29, 0.717) is 22.3 Å². The molecule has 150 valence electrons. The summed E-state index contributed by atoms with van der Waals surface area (Å²) < 4.78 is 9.77. The van der Waals surface area contributed by atoms with Crippen molar-refractivity contribution in [1.82, 2.24) is 4.98 Å². The van der Waals surface area contributed by atoms with Crippen LogP contribution in [0.15, 0.2) is 54.7 Å². The molecule has 1 heterocycles. The number of nitrogens with zero attached hydrogens (tertiary/aromatic N) is 1. The standard InChI is InChI=1S/C21H20AsNO6/c1-12(20(25)26)22-19(24)18-17(21(27)28-2)16-9-8-15(10-13(16)11-23-18)29-14-6-4-3-5-7-14/h3-12,21-22,27H,1-2H3,(H,25,26)/t12-,21?/m0/s1. The first-order valence-corrected chi connectivity index (χ1v) is 11.1. The van der Waals surface area contributed by atoms with Crippen LogP contribution in [-0.4, -0.2) is 48.6 Å². The third kappa shape index (κ3) is 4.82. The predicted molar refractivity (Wildman–Crippen MR) is 109 cm³/mol. The summed E-state index contributed by atoms with van der Waals surface area (Å²) in [7, 11) is 1.32. The van der Waals surface area contributed by atoms with Crippen molar-refractivity contribution < 1.29 is 29.3 Å². The summed E-state index contributed by atoms with van der Waals surface area (Å²) in [6.07, 6.45) is 0.155. The summed E-state index contributed by atoms with van der Waals surface area (Å²) in [5, 5.41) is 20.7. The van der Waals surface area contributed by atoms with E-state index >= 15 is 0 Å². The average molecular weight is 457 g/mol. The molecule has 29 heavy (non-hydrogen) atoms. The maximum atomic E-state index is 12.7. The summed E-state index contributed by atoms with van der Waals surface area (Å²) in [4.78, 5) is 28.0. The van der Waals surface area contributed by atoms with Crippen LogP contribution >= 0.6 is 0 Å². The molecule has 0 fully saturated rings. The quantitative estimate of drug-likeness (QED) is 0.396. The van der Waals surface area contributed by atoms with Crippen molar-refractivity contribution in [2.75, 3.05) is 7.11 Å². The summed E-state index contributed by atoms with van der Waals surface area (Å²) in [5.41, 5.74) is 0.291. The summed E-state index contributed by atoms with van der Waals surface area (Å²) in [6.45, 7) is 1.50. The van der Waals surface area contributed by atoms with Gasteiger partial charge in [0.25, 0.3) is 0 Å². The summed E-state index contributed by atoms with van der Waals surface area (Å²) >= 11 is -1.51. The Kier molecular flexibility index (Phi) is 6.64. The molecule has 0 aliphatic rings. The third-order valence-electron chi connectivity index (χ3n) is 4.28. The fourth-order valence-corrected chi connectivity index (χ4v) is 4.58. The Balaban J connectivity index is 2.02. The number of ether oxygens (including phenoxy) is 2. The summed E-state index contributed by atoms with van der Waals surface area (Å²) in [5.74, 6) is 0.239. The Labute approximate surface area is 174 Å². The molecule has 1 aromatic heterocycles. The van der Waals surface area contributed by atoms with Gasteiger partial charge in [-0.1, -0.05) is 0 Å². The molecule has 0 amide bonds. The normalized spacial score (nSPS) is 13.5. The number of aromatic nitrogens is 1. The second kappa shape index (κ2) is 9.18. The van der Waals surface area contributed by atoms with Gasteiger partial charge in [-0.2, -0.15) is 0 Å². The van der Waals surface area contributed by atoms with E-state index in [4.69, 9.17) is 14.6 Å². The molecule has 2 aromatic carbocycles. The number of rotatable bonds is 8. The van der Waals surface area contributed by atoms with Crippen LogP contribution in [-0.2, 0) is 9.53 Å². The van der Waals surface area contributed by atoms with Gasteiger partial charge in [-0.25, -0.2) is 0 Å². The molecule has 3 rings (SSSR count). The minimum atomic E-state index is -1.51. The maximum absolute atomic E-state index is 12.7. The number of pyridine rings is 1. The fraction of sp³-hybridized carbons (Fsp3) is 0.190. The van der Waals surface area contributed by atoms with Crippen LogP contribution in [0, 0.1) is 0 Å². The Morgan fingerprint density at radius 3 is 2.48 bits per heavy atom. The van der Waals surface area contributed by atoms with Crippen LogP contribution in [0.5, 0.6) is 11.5 Å². The Hall–Kier alpha value is -2.73. The number of fused-ring (bicyclic) bond motifs is 1. The topological polar surface area (TPSA) is 106 Å². The second-order valence-electron chi connectivity index (χ2n) is 6.31. The first kappa shape index (κ1) is 21.0. The van der Waals surface area contributed by atoms with Gasteiger partial charge in [-0.3, -0.25) is 0 Å². The molecule has 8 heteroatoms. The van der Waals surface area contributed by atoms with Crippen LogP contribution in [0.4, 0.5) is 0 Å². The zero-order valence-electron chi connectivity index (χ0n) is 15.8. The van der Waals surface area contributed by atoms with Gasteiger partial charge >= 0.3 is 174 Å². The van der Waals surface area contributed by atoms with E-state index in [1.54, 1.807) is 18.2 Å². The molecular weight excluding hydrogens is 437 g/mol. The number of carbonyl (C=O) groups is 2. The fourth-order valence-electron chi connectivity index (χ4n) is 2.79. The van der Waals surface area contributed by atoms with Gasteiger partial charge in [0, 0.05) is 0 Å². The number of carboxylic acids is 1. The average Bonchev–Trinajstić information content (AvgIpc) is 2.72. The number of aliphatic hydroxyl groups excluding tert-OH is 1. The van der Waals surface area contributed by atoms with Crippen LogP contribution in [0.1, 0.15) is 29.3 Å². The van der Waals surface area contributed by atoms with Gasteiger partial charge in [0.15, 0.2) is 0 Å². The van der Waals surface area contributed by atoms with Gasteiger partial charge in [0.1, 0.15) is 0 Å². The Morgan fingerprint density at radius 2 is 1.83 bits per heavy atom. The molecular formula is C21H20AsNO6. The van der Waals surface area contributed by atoms with E-state index in [1.807, 2.05) is 30.3 Å². The Bertz CT molecular complexity index is 1040. The number of hydrogen-bond acceptors (Lipinski definition) is 6. The van der Waals surface area contributed by atoms with Crippen molar-refractivity contribution in [3.05, 3.63) is 66.0 Å². The van der Waals surface area contributed by atoms with Gasteiger partial charge in [0.05, 0.1) is 0 Å². The Morgan fingerprint density at radius 1 is 1.10 bits per heavy atom. The molecule has 3 aromatic rings. The molecule has 7 nitrogen and oxygen atoms in total. The zero-order valence-corrected chi connectivity index (χ0v) is 17.9. The van der Waals surface area contributed by atoms with Crippen molar-refractivity contribution >= 4 is 37.1 Å². The number of hydrogen-bond donors (Lipinski definition) is 2. The van der Waals surface area contributed by atoms with E-state index < -0.39 is 32.7 Å². The van der Waals surface area contributed by atoms with Crippen molar-refractivity contribution in [3.63, 3.8) is 0 Å². The SMILES string of the molecule is COC(O)c1c(C(=O)[AsH][C@@H](C)C(=O)O)ncc2cc(Oc3ccccc3)ccc12. The molecule has 2 unspecified atom stereocenters. The van der Waals surface area contributed by atoms with Crippen molar-refractivity contribution in [3.8, 4) is 11.5 Å². The van der Waals surface area contributed by atoms with Gasteiger partial charge < -0.3 is 0 Å². The van der Waals surface area contributed by atoms with Crippen molar-refractivity contribution in [1.29, 1.82) is 0 Å². The monoisotopic (exact) mass is 457 g/mol. The number of aliphatic carboxylic acids is 1. The number of para-hydroxylation sites is 1. The molecule has 0 bridgehead atoms. The molecule has 0 spiro atoms. The van der Waals surface area contributed by atoms with E-state index in [0.717, 1.165) is 0 Å². The molecule has 0 aliphatic carbocycles. The number of carboxylic acid groups (broad SMARTS) is 1. The van der Waals surface area contributed by atoms with Crippen LogP contribution in [0.2, 0.25) is 4.71 Å². The van der Waals surface area contributed by atoms with E-state index in [1.165, 1.54) is 20.2 Å². The molecule has 2 N–H and O–H groups in total. The third-order valence-corrected chi connectivity index (χ3v) is 6.76. The number of carbonyl (C=O) groups excluding carboxylic acids is 1. The first-order chi connectivity index (χ1) is 13.9. The summed E-state index contributed by atoms with van der Waals surface area (Å²) in [6, 6.07) is 14.5. The molecule has 0 aliphatic heterocycles. The van der Waals surface area contributed by atoms with Gasteiger partial charge in [0.2, 0.25) is 0 Å². The van der Waals surface area contributed by atoms with Gasteiger partial charge in [-0.05, 0) is 0 Å². The van der Waals surface area contributed by atoms with Crippen LogP contribution < -0.4 is 4.74 Å². The van der Waals surface area contributed by atoms with Crippen LogP contribution in [0.3, 0.4) is 0 Å². The van der Waals surface area contributed by atoms with E-state index in [-0.39, 0.29) is 15.8 Å². The van der Waals surface area contributed by atoms with Gasteiger partial charge in [-0.15, -0.1) is 0 Å². The molecule has 0 radical (unpaired) electrons. The second-order valence-corrected chi connectivity index (χ2v) is 9.68. The van der Waals surface area contributed by atoms with Crippen LogP contribution in [0.25, 0.3) is 10.8 Å². The first-order valence-electron chi connectivity index (χ1n) is 8.80. The number of methoxy groups -OCH3 is 1. The predicted octanol–water partition coefficient (Wildman–Crippen LogP) is 3.13. The zero-order chi connectivity index (χ0) is 21.0. The van der Waals surface area contributed by atoms with E-state index in [9.17, 15) is 14.7 Å². The molecule has 3 atom stereocenters. The number of benzene rings is 2.